The predicted octanol–water partition coefficient (Wildman–Crippen LogP) is 2.44. The lowest BCUT2D eigenvalue weighted by Gasteiger charge is -2.11. The average molecular weight is 391 g/mol. The fourth-order valence-corrected chi connectivity index (χ4v) is 2.83. The van der Waals surface area contributed by atoms with Crippen LogP contribution in [0.4, 0.5) is 0 Å². The van der Waals surface area contributed by atoms with Crippen molar-refractivity contribution in [2.45, 2.75) is 6.54 Å². The minimum atomic E-state index is -0.258. The summed E-state index contributed by atoms with van der Waals surface area (Å²) in [6, 6.07) is 8.90. The Bertz CT molecular complexity index is 869. The standard InChI is InChI=1S/C16H15BrN4O3/c1-23-11-7-10(8-12(24-2)15(11)17)16(22)18-9-14-20-19-13-5-3-4-6-21(13)14/h3-8H,9H2,1-2H3,(H,18,22). The number of hydrogen-bond donors (Lipinski definition) is 1. The lowest BCUT2D eigenvalue weighted by Crippen LogP contribution is -2.24. The molecule has 3 aromatic rings. The first-order valence-corrected chi connectivity index (χ1v) is 7.91. The Kier molecular flexibility index (Phi) is 4.66. The Balaban J connectivity index is 1.80. The normalized spacial score (nSPS) is 10.6. The number of nitrogens with zero attached hydrogens (tertiary/aromatic N) is 3. The molecule has 3 rings (SSSR count). The topological polar surface area (TPSA) is 77.8 Å². The summed E-state index contributed by atoms with van der Waals surface area (Å²) in [7, 11) is 3.06. The Morgan fingerprint density at radius 3 is 2.58 bits per heavy atom. The predicted molar refractivity (Wildman–Crippen MR) is 91.4 cm³/mol. The van der Waals surface area contributed by atoms with E-state index in [0.29, 0.717) is 27.4 Å². The van der Waals surface area contributed by atoms with Crippen LogP contribution in [0.15, 0.2) is 41.0 Å². The van der Waals surface area contributed by atoms with E-state index in [-0.39, 0.29) is 12.5 Å². The molecule has 0 unspecified atom stereocenters. The van der Waals surface area contributed by atoms with Crippen LogP contribution < -0.4 is 14.8 Å². The Labute approximate surface area is 146 Å². The van der Waals surface area contributed by atoms with Crippen LogP contribution in [0.25, 0.3) is 5.65 Å². The number of rotatable bonds is 5. The molecule has 0 aliphatic rings. The Morgan fingerprint density at radius 2 is 1.92 bits per heavy atom. The number of halogens is 1. The highest BCUT2D eigenvalue weighted by Gasteiger charge is 2.15. The molecular formula is C16H15BrN4O3. The van der Waals surface area contributed by atoms with Crippen molar-refractivity contribution in [2.24, 2.45) is 0 Å². The zero-order chi connectivity index (χ0) is 17.1. The van der Waals surface area contributed by atoms with Gasteiger partial charge in [-0.25, -0.2) is 0 Å². The number of methoxy groups -OCH3 is 2. The highest BCUT2D eigenvalue weighted by molar-refractivity contribution is 9.10. The molecule has 24 heavy (non-hydrogen) atoms. The quantitative estimate of drug-likeness (QED) is 0.723. The monoisotopic (exact) mass is 390 g/mol. The number of carbonyl (C=O) groups excluding carboxylic acids is 1. The highest BCUT2D eigenvalue weighted by Crippen LogP contribution is 2.35. The van der Waals surface area contributed by atoms with Gasteiger partial charge in [0.25, 0.3) is 5.91 Å². The fourth-order valence-electron chi connectivity index (χ4n) is 2.27. The van der Waals surface area contributed by atoms with E-state index < -0.39 is 0 Å². The lowest BCUT2D eigenvalue weighted by atomic mass is 10.2. The van der Waals surface area contributed by atoms with E-state index in [2.05, 4.69) is 31.4 Å². The number of pyridine rings is 1. The van der Waals surface area contributed by atoms with E-state index in [1.165, 1.54) is 14.2 Å². The van der Waals surface area contributed by atoms with E-state index in [0.717, 1.165) is 5.65 Å². The maximum absolute atomic E-state index is 12.4. The number of nitrogens with one attached hydrogen (secondary N) is 1. The van der Waals surface area contributed by atoms with Crippen LogP contribution in [0.2, 0.25) is 0 Å². The van der Waals surface area contributed by atoms with Gasteiger partial charge in [-0.05, 0) is 40.2 Å². The minimum absolute atomic E-state index is 0.255. The minimum Gasteiger partial charge on any atom is -0.495 e. The van der Waals surface area contributed by atoms with Crippen LogP contribution in [-0.4, -0.2) is 34.7 Å². The van der Waals surface area contributed by atoms with Gasteiger partial charge in [0, 0.05) is 11.8 Å². The maximum Gasteiger partial charge on any atom is 0.251 e. The average Bonchev–Trinajstić information content (AvgIpc) is 3.03. The molecule has 1 amide bonds. The van der Waals surface area contributed by atoms with Gasteiger partial charge in [0.15, 0.2) is 11.5 Å². The van der Waals surface area contributed by atoms with Gasteiger partial charge >= 0.3 is 0 Å². The second-order valence-corrected chi connectivity index (χ2v) is 5.72. The van der Waals surface area contributed by atoms with E-state index in [1.54, 1.807) is 12.1 Å². The van der Waals surface area contributed by atoms with Crippen molar-refractivity contribution < 1.29 is 14.3 Å². The van der Waals surface area contributed by atoms with Gasteiger partial charge in [-0.1, -0.05) is 6.07 Å². The van der Waals surface area contributed by atoms with Gasteiger partial charge in [-0.2, -0.15) is 0 Å². The molecule has 8 heteroatoms. The summed E-state index contributed by atoms with van der Waals surface area (Å²) in [4.78, 5) is 12.4. The molecule has 0 spiro atoms. The molecule has 0 atom stereocenters. The van der Waals surface area contributed by atoms with Gasteiger partial charge in [0.1, 0.15) is 16.0 Å². The zero-order valence-corrected chi connectivity index (χ0v) is 14.7. The molecule has 0 aliphatic heterocycles. The first-order valence-electron chi connectivity index (χ1n) is 7.12. The van der Waals surface area contributed by atoms with Crippen LogP contribution >= 0.6 is 15.9 Å². The third-order valence-electron chi connectivity index (χ3n) is 3.50. The first-order chi connectivity index (χ1) is 11.6. The number of benzene rings is 1. The van der Waals surface area contributed by atoms with Crippen LogP contribution in [0.5, 0.6) is 11.5 Å². The van der Waals surface area contributed by atoms with E-state index in [9.17, 15) is 4.79 Å². The highest BCUT2D eigenvalue weighted by atomic mass is 79.9. The molecule has 0 bridgehead atoms. The summed E-state index contributed by atoms with van der Waals surface area (Å²) >= 11 is 3.38. The SMILES string of the molecule is COc1cc(C(=O)NCc2nnc3ccccn23)cc(OC)c1Br. The summed E-state index contributed by atoms with van der Waals surface area (Å²) in [6.07, 6.45) is 1.85. The lowest BCUT2D eigenvalue weighted by molar-refractivity contribution is 0.0949. The van der Waals surface area contributed by atoms with Crippen LogP contribution in [0.3, 0.4) is 0 Å². The van der Waals surface area contributed by atoms with Crippen molar-refractivity contribution in [1.82, 2.24) is 19.9 Å². The molecule has 0 saturated heterocycles. The second-order valence-electron chi connectivity index (χ2n) is 4.92. The third-order valence-corrected chi connectivity index (χ3v) is 4.28. The van der Waals surface area contributed by atoms with Crippen molar-refractivity contribution in [3.63, 3.8) is 0 Å². The molecule has 1 N–H and O–H groups in total. The molecule has 7 nitrogen and oxygen atoms in total. The molecule has 2 aromatic heterocycles. The number of aromatic nitrogens is 3. The number of fused-ring (bicyclic) bond motifs is 1. The molecule has 0 radical (unpaired) electrons. The van der Waals surface area contributed by atoms with Gasteiger partial charge in [-0.3, -0.25) is 9.20 Å². The third kappa shape index (κ3) is 3.05. The largest absolute Gasteiger partial charge is 0.495 e. The van der Waals surface area contributed by atoms with Crippen LogP contribution in [0.1, 0.15) is 16.2 Å². The van der Waals surface area contributed by atoms with Gasteiger partial charge in [0.2, 0.25) is 0 Å². The second kappa shape index (κ2) is 6.88. The van der Waals surface area contributed by atoms with Crippen molar-refractivity contribution >= 4 is 27.5 Å². The summed E-state index contributed by atoms with van der Waals surface area (Å²) in [5.41, 5.74) is 1.16. The van der Waals surface area contributed by atoms with E-state index in [1.807, 2.05) is 28.8 Å². The smallest absolute Gasteiger partial charge is 0.251 e. The Morgan fingerprint density at radius 1 is 1.21 bits per heavy atom. The molecule has 124 valence electrons. The molecule has 0 saturated carbocycles. The van der Waals surface area contributed by atoms with Crippen LogP contribution in [0, 0.1) is 0 Å². The summed E-state index contributed by atoms with van der Waals surface area (Å²) < 4.78 is 13.0. The summed E-state index contributed by atoms with van der Waals surface area (Å²) in [5, 5.41) is 11.0. The van der Waals surface area contributed by atoms with E-state index in [4.69, 9.17) is 9.47 Å². The van der Waals surface area contributed by atoms with Gasteiger partial charge in [-0.15, -0.1) is 10.2 Å². The number of hydrogen-bond acceptors (Lipinski definition) is 5. The molecular weight excluding hydrogens is 376 g/mol. The van der Waals surface area contributed by atoms with Crippen molar-refractivity contribution in [3.8, 4) is 11.5 Å². The van der Waals surface area contributed by atoms with Gasteiger partial charge < -0.3 is 14.8 Å². The number of amides is 1. The van der Waals surface area contributed by atoms with Crippen molar-refractivity contribution in [3.05, 3.63) is 52.4 Å². The molecule has 0 aliphatic carbocycles. The maximum atomic E-state index is 12.4. The molecule has 2 heterocycles. The summed E-state index contributed by atoms with van der Waals surface area (Å²) in [5.74, 6) is 1.43. The van der Waals surface area contributed by atoms with Crippen LogP contribution in [-0.2, 0) is 6.54 Å². The van der Waals surface area contributed by atoms with E-state index >= 15 is 0 Å². The zero-order valence-electron chi connectivity index (χ0n) is 13.1. The summed E-state index contributed by atoms with van der Waals surface area (Å²) in [6.45, 7) is 0.255. The molecule has 0 fully saturated rings. The van der Waals surface area contributed by atoms with Crippen molar-refractivity contribution in [2.75, 3.05) is 14.2 Å². The first kappa shape index (κ1) is 16.3. The Hall–Kier alpha value is -2.61. The molecule has 1 aromatic carbocycles. The number of ether oxygens (including phenoxy) is 2. The van der Waals surface area contributed by atoms with Gasteiger partial charge in [0.05, 0.1) is 20.8 Å². The number of carbonyl (C=O) groups is 1. The fraction of sp³-hybridized carbons (Fsp3) is 0.188. The van der Waals surface area contributed by atoms with Crippen molar-refractivity contribution in [1.29, 1.82) is 0 Å².